The van der Waals surface area contributed by atoms with Gasteiger partial charge in [-0.05, 0) is 72.7 Å². The smallest absolute Gasteiger partial charge is 0.343 e. The number of benzene rings is 3. The van der Waals surface area contributed by atoms with Crippen LogP contribution < -0.4 is 4.74 Å². The van der Waals surface area contributed by atoms with Crippen molar-refractivity contribution in [1.29, 1.82) is 0 Å². The van der Waals surface area contributed by atoms with Gasteiger partial charge in [-0.15, -0.1) is 0 Å². The number of hydrogen-bond acceptors (Lipinski definition) is 3. The summed E-state index contributed by atoms with van der Waals surface area (Å²) in [7, 11) is 0. The van der Waals surface area contributed by atoms with Crippen LogP contribution in [0.3, 0.4) is 0 Å². The van der Waals surface area contributed by atoms with Gasteiger partial charge in [-0.25, -0.2) is 4.79 Å². The van der Waals surface area contributed by atoms with Crippen LogP contribution in [0.5, 0.6) is 5.75 Å². The van der Waals surface area contributed by atoms with E-state index in [1.165, 1.54) is 178 Å². The maximum atomic E-state index is 12.9. The number of aryl methyl sites for hydroxylation is 1. The Kier molecular flexibility index (Phi) is 26.4. The Morgan fingerprint density at radius 3 is 1.27 bits per heavy atom. The number of unbranched alkanes of at least 4 members (excludes halogenated alkanes) is 25. The summed E-state index contributed by atoms with van der Waals surface area (Å²) in [6.07, 6.45) is 38.3. The Bertz CT molecular complexity index is 1330. The average molecular weight is 753 g/mol. The molecule has 306 valence electrons. The Morgan fingerprint density at radius 1 is 0.455 bits per heavy atom. The summed E-state index contributed by atoms with van der Waals surface area (Å²) in [5.74, 6) is 0.217. The molecule has 0 saturated heterocycles. The van der Waals surface area contributed by atoms with Gasteiger partial charge in [-0.3, -0.25) is 0 Å². The first kappa shape index (κ1) is 46.5. The van der Waals surface area contributed by atoms with Gasteiger partial charge in [-0.1, -0.05) is 223 Å². The van der Waals surface area contributed by atoms with Gasteiger partial charge in [0, 0.05) is 6.61 Å². The summed E-state index contributed by atoms with van der Waals surface area (Å²) in [4.78, 5) is 12.9. The van der Waals surface area contributed by atoms with Crippen molar-refractivity contribution in [2.45, 2.75) is 207 Å². The second-order valence-corrected chi connectivity index (χ2v) is 16.3. The van der Waals surface area contributed by atoms with E-state index in [0.717, 1.165) is 30.6 Å². The van der Waals surface area contributed by atoms with Crippen LogP contribution in [-0.4, -0.2) is 12.6 Å². The zero-order chi connectivity index (χ0) is 39.0. The lowest BCUT2D eigenvalue weighted by molar-refractivity contribution is 0.0626. The van der Waals surface area contributed by atoms with Crippen LogP contribution in [0, 0.1) is 0 Å². The quantitative estimate of drug-likeness (QED) is 0.0346. The van der Waals surface area contributed by atoms with Crippen molar-refractivity contribution < 1.29 is 14.3 Å². The Labute approximate surface area is 338 Å². The SMILES string of the molecule is CCCCCCCCCCCCCCCCOC(C)c1ccc(C(=O)Oc2ccc(-c3ccc(CCCCCCCCCCCCCCC)cc3)cc2)cc1. The molecule has 3 rings (SSSR count). The highest BCUT2D eigenvalue weighted by atomic mass is 16.5. The lowest BCUT2D eigenvalue weighted by Gasteiger charge is -2.14. The van der Waals surface area contributed by atoms with Crippen molar-refractivity contribution in [3.63, 3.8) is 0 Å². The minimum absolute atomic E-state index is 0.00728. The van der Waals surface area contributed by atoms with Gasteiger partial charge in [0.2, 0.25) is 0 Å². The summed E-state index contributed by atoms with van der Waals surface area (Å²) in [6, 6.07) is 24.4. The van der Waals surface area contributed by atoms with E-state index in [1.807, 2.05) is 48.5 Å². The van der Waals surface area contributed by atoms with Crippen molar-refractivity contribution in [3.8, 4) is 16.9 Å². The fourth-order valence-corrected chi connectivity index (χ4v) is 7.64. The van der Waals surface area contributed by atoms with Crippen LogP contribution in [0.25, 0.3) is 11.1 Å². The van der Waals surface area contributed by atoms with Crippen LogP contribution >= 0.6 is 0 Å². The van der Waals surface area contributed by atoms with Gasteiger partial charge in [0.25, 0.3) is 0 Å². The molecule has 0 aliphatic heterocycles. The zero-order valence-corrected chi connectivity index (χ0v) is 35.7. The highest BCUT2D eigenvalue weighted by molar-refractivity contribution is 5.91. The zero-order valence-electron chi connectivity index (χ0n) is 35.7. The molecule has 0 radical (unpaired) electrons. The van der Waals surface area contributed by atoms with Gasteiger partial charge < -0.3 is 9.47 Å². The average Bonchev–Trinajstić information content (AvgIpc) is 3.21. The van der Waals surface area contributed by atoms with Crippen LogP contribution in [0.15, 0.2) is 72.8 Å². The minimum atomic E-state index is -0.340. The fraction of sp³-hybridized carbons (Fsp3) is 0.635. The molecule has 3 aromatic rings. The highest BCUT2D eigenvalue weighted by Crippen LogP contribution is 2.25. The second kappa shape index (κ2) is 31.2. The first-order chi connectivity index (χ1) is 27.1. The molecule has 55 heavy (non-hydrogen) atoms. The summed E-state index contributed by atoms with van der Waals surface area (Å²) in [5.41, 5.74) is 5.35. The van der Waals surface area contributed by atoms with E-state index < -0.39 is 0 Å². The predicted octanol–water partition coefficient (Wildman–Crippen LogP) is 16.8. The largest absolute Gasteiger partial charge is 0.423 e. The molecule has 0 heterocycles. The van der Waals surface area contributed by atoms with Crippen molar-refractivity contribution in [2.24, 2.45) is 0 Å². The van der Waals surface area contributed by atoms with Crippen LogP contribution in [0.4, 0.5) is 0 Å². The molecule has 0 aromatic heterocycles. The molecular weight excluding hydrogens is 673 g/mol. The third-order valence-electron chi connectivity index (χ3n) is 11.4. The van der Waals surface area contributed by atoms with E-state index in [0.29, 0.717) is 11.3 Å². The lowest BCUT2D eigenvalue weighted by atomic mass is 10.0. The second-order valence-electron chi connectivity index (χ2n) is 16.3. The van der Waals surface area contributed by atoms with Gasteiger partial charge in [-0.2, -0.15) is 0 Å². The predicted molar refractivity (Wildman–Crippen MR) is 237 cm³/mol. The van der Waals surface area contributed by atoms with Crippen molar-refractivity contribution >= 4 is 5.97 Å². The maximum absolute atomic E-state index is 12.9. The molecule has 0 fully saturated rings. The molecular formula is C52H80O3. The van der Waals surface area contributed by atoms with Gasteiger partial charge in [0.15, 0.2) is 0 Å². The third kappa shape index (κ3) is 21.8. The number of rotatable bonds is 34. The molecule has 1 atom stereocenters. The van der Waals surface area contributed by atoms with Crippen LogP contribution in [0.2, 0.25) is 0 Å². The van der Waals surface area contributed by atoms with Crippen LogP contribution in [-0.2, 0) is 11.2 Å². The van der Waals surface area contributed by atoms with Gasteiger partial charge >= 0.3 is 5.97 Å². The van der Waals surface area contributed by atoms with Gasteiger partial charge in [0.05, 0.1) is 11.7 Å². The summed E-state index contributed by atoms with van der Waals surface area (Å²) in [5, 5.41) is 0. The molecule has 0 aliphatic carbocycles. The fourth-order valence-electron chi connectivity index (χ4n) is 7.64. The van der Waals surface area contributed by atoms with Gasteiger partial charge in [0.1, 0.15) is 5.75 Å². The molecule has 3 aromatic carbocycles. The van der Waals surface area contributed by atoms with Crippen molar-refractivity contribution in [2.75, 3.05) is 6.61 Å². The maximum Gasteiger partial charge on any atom is 0.343 e. The van der Waals surface area contributed by atoms with Crippen molar-refractivity contribution in [3.05, 3.63) is 89.5 Å². The summed E-state index contributed by atoms with van der Waals surface area (Å²) in [6.45, 7) is 7.45. The normalized spacial score (nSPS) is 11.9. The van der Waals surface area contributed by atoms with E-state index in [9.17, 15) is 4.79 Å². The molecule has 0 bridgehead atoms. The molecule has 0 saturated carbocycles. The molecule has 0 amide bonds. The van der Waals surface area contributed by atoms with E-state index >= 15 is 0 Å². The Hall–Kier alpha value is -2.91. The summed E-state index contributed by atoms with van der Waals surface area (Å²) >= 11 is 0. The number of carbonyl (C=O) groups excluding carboxylic acids is 1. The Morgan fingerprint density at radius 2 is 0.836 bits per heavy atom. The molecule has 3 nitrogen and oxygen atoms in total. The molecule has 1 unspecified atom stereocenters. The van der Waals surface area contributed by atoms with Crippen LogP contribution in [0.1, 0.15) is 222 Å². The number of carbonyl (C=O) groups is 1. The van der Waals surface area contributed by atoms with E-state index in [-0.39, 0.29) is 12.1 Å². The van der Waals surface area contributed by atoms with Crippen molar-refractivity contribution in [1.82, 2.24) is 0 Å². The molecule has 3 heteroatoms. The molecule has 0 aliphatic rings. The topological polar surface area (TPSA) is 35.5 Å². The number of esters is 1. The van der Waals surface area contributed by atoms with E-state index in [2.05, 4.69) is 45.0 Å². The lowest BCUT2D eigenvalue weighted by Crippen LogP contribution is -2.09. The summed E-state index contributed by atoms with van der Waals surface area (Å²) < 4.78 is 11.8. The molecule has 0 spiro atoms. The monoisotopic (exact) mass is 753 g/mol. The third-order valence-corrected chi connectivity index (χ3v) is 11.4. The number of ether oxygens (including phenoxy) is 2. The minimum Gasteiger partial charge on any atom is -0.423 e. The number of hydrogen-bond donors (Lipinski definition) is 0. The van der Waals surface area contributed by atoms with E-state index in [1.54, 1.807) is 0 Å². The van der Waals surface area contributed by atoms with E-state index in [4.69, 9.17) is 9.47 Å². The highest BCUT2D eigenvalue weighted by Gasteiger charge is 2.12. The standard InChI is InChI=1S/C52H80O3/c1-4-6-8-10-12-14-16-18-20-22-24-26-28-30-44-54-45(3)47-36-38-50(39-37-47)52(53)55-51-42-40-49(41-43-51)48-34-32-46(33-35-48)31-29-27-25-23-21-19-17-15-13-11-9-7-5-2/h32-43,45H,4-31,44H2,1-3H3. The molecule has 0 N–H and O–H groups in total. The Balaban J connectivity index is 1.22. The first-order valence-electron chi connectivity index (χ1n) is 23.2. The first-order valence-corrected chi connectivity index (χ1v) is 23.2.